The van der Waals surface area contributed by atoms with E-state index in [9.17, 15) is 14.7 Å². The number of aromatic nitrogens is 1. The maximum Gasteiger partial charge on any atom is 0.267 e. The summed E-state index contributed by atoms with van der Waals surface area (Å²) >= 11 is 3.40. The molecule has 1 aromatic heterocycles. The van der Waals surface area contributed by atoms with Crippen LogP contribution >= 0.6 is 25.2 Å². The van der Waals surface area contributed by atoms with Crippen LogP contribution in [0.3, 0.4) is 0 Å². The van der Waals surface area contributed by atoms with Gasteiger partial charge in [-0.3, -0.25) is 9.59 Å². The molecule has 1 heterocycles. The molecular weight excluding hydrogens is 427 g/mol. The summed E-state index contributed by atoms with van der Waals surface area (Å²) in [5.41, 5.74) is 0.382. The Morgan fingerprint density at radius 1 is 1.26 bits per heavy atom. The second-order valence-corrected chi connectivity index (χ2v) is 8.36. The van der Waals surface area contributed by atoms with Crippen LogP contribution in [0.5, 0.6) is 5.75 Å². The van der Waals surface area contributed by atoms with Gasteiger partial charge >= 0.3 is 0 Å². The van der Waals surface area contributed by atoms with Crippen molar-refractivity contribution >= 4 is 53.0 Å². The number of rotatable bonds is 4. The number of hydrogen-bond acceptors (Lipinski definition) is 3. The van der Waals surface area contributed by atoms with E-state index in [1.54, 1.807) is 41.0 Å². The zero-order chi connectivity index (χ0) is 19.7. The van der Waals surface area contributed by atoms with E-state index in [0.717, 1.165) is 9.78 Å². The first kappa shape index (κ1) is 19.6. The number of hydrogen-bond donors (Lipinski definition) is 2. The minimum atomic E-state index is -0.629. The summed E-state index contributed by atoms with van der Waals surface area (Å²) in [6.07, 6.45) is 0. The normalized spacial score (nSPS) is 11.1. The molecule has 0 bridgehead atoms. The summed E-state index contributed by atoms with van der Waals surface area (Å²) in [5, 5.41) is 14.8. The first-order valence-electron chi connectivity index (χ1n) is 8.50. The van der Waals surface area contributed by atoms with Gasteiger partial charge in [-0.25, -0.2) is 0 Å². The number of amides is 1. The van der Waals surface area contributed by atoms with Gasteiger partial charge in [0.2, 0.25) is 0 Å². The van der Waals surface area contributed by atoms with Gasteiger partial charge in [-0.05, 0) is 41.6 Å². The Balaban J connectivity index is 2.19. The number of nitrogens with one attached hydrogen (secondary N) is 1. The molecule has 27 heavy (non-hydrogen) atoms. The molecule has 140 valence electrons. The lowest BCUT2D eigenvalue weighted by Crippen LogP contribution is -2.31. The van der Waals surface area contributed by atoms with E-state index in [1.165, 1.54) is 0 Å². The molecule has 0 aliphatic rings. The van der Waals surface area contributed by atoms with Gasteiger partial charge in [0.05, 0.1) is 5.52 Å². The first-order chi connectivity index (χ1) is 12.8. The van der Waals surface area contributed by atoms with Crippen LogP contribution in [0.4, 0.5) is 5.69 Å². The summed E-state index contributed by atoms with van der Waals surface area (Å²) in [7, 11) is 2.55. The SMILES string of the molecule is CC(C)Cn1c(=O)c(C(=O)Nc2cccc(P)c2)c(O)c2ccc(Br)cc21. The van der Waals surface area contributed by atoms with Gasteiger partial charge in [-0.1, -0.05) is 41.9 Å². The number of anilines is 1. The lowest BCUT2D eigenvalue weighted by molar-refractivity contribution is 0.102. The Labute approximate surface area is 167 Å². The van der Waals surface area contributed by atoms with E-state index in [2.05, 4.69) is 30.5 Å². The monoisotopic (exact) mass is 446 g/mol. The van der Waals surface area contributed by atoms with Crippen molar-refractivity contribution in [2.75, 3.05) is 5.32 Å². The maximum atomic E-state index is 13.1. The van der Waals surface area contributed by atoms with Gasteiger partial charge in [-0.2, -0.15) is 0 Å². The minimum absolute atomic E-state index is 0.194. The molecule has 7 heteroatoms. The number of fused-ring (bicyclic) bond motifs is 1. The highest BCUT2D eigenvalue weighted by Crippen LogP contribution is 2.29. The van der Waals surface area contributed by atoms with E-state index in [0.29, 0.717) is 23.1 Å². The van der Waals surface area contributed by atoms with E-state index < -0.39 is 11.5 Å². The van der Waals surface area contributed by atoms with Gasteiger partial charge in [0.15, 0.2) is 0 Å². The Morgan fingerprint density at radius 2 is 2.00 bits per heavy atom. The van der Waals surface area contributed by atoms with Crippen molar-refractivity contribution in [3.8, 4) is 5.75 Å². The van der Waals surface area contributed by atoms with Crippen molar-refractivity contribution in [2.24, 2.45) is 5.92 Å². The van der Waals surface area contributed by atoms with Crippen LogP contribution in [0.15, 0.2) is 51.7 Å². The fourth-order valence-electron chi connectivity index (χ4n) is 2.97. The van der Waals surface area contributed by atoms with Crippen molar-refractivity contribution in [1.82, 2.24) is 4.57 Å². The van der Waals surface area contributed by atoms with Crippen molar-refractivity contribution < 1.29 is 9.90 Å². The summed E-state index contributed by atoms with van der Waals surface area (Å²) in [6.45, 7) is 4.42. The van der Waals surface area contributed by atoms with E-state index in [4.69, 9.17) is 0 Å². The lowest BCUT2D eigenvalue weighted by Gasteiger charge is -2.17. The number of carbonyl (C=O) groups is 1. The highest BCUT2D eigenvalue weighted by Gasteiger charge is 2.23. The topological polar surface area (TPSA) is 71.3 Å². The predicted molar refractivity (Wildman–Crippen MR) is 116 cm³/mol. The number of nitrogens with zero attached hydrogens (tertiary/aromatic N) is 1. The molecule has 5 nitrogen and oxygen atoms in total. The van der Waals surface area contributed by atoms with Crippen LogP contribution in [-0.2, 0) is 6.54 Å². The van der Waals surface area contributed by atoms with Crippen molar-refractivity contribution in [2.45, 2.75) is 20.4 Å². The molecule has 0 fully saturated rings. The summed E-state index contributed by atoms with van der Waals surface area (Å²) in [4.78, 5) is 25.9. The standard InChI is InChI=1S/C20H20BrN2O3P/c1-11(2)10-23-16-8-12(21)6-7-15(16)18(24)17(20(23)26)19(25)22-13-4-3-5-14(27)9-13/h3-9,11,24H,10,27H2,1-2H3,(H,22,25). The Kier molecular flexibility index (Phi) is 5.68. The zero-order valence-electron chi connectivity index (χ0n) is 15.0. The first-order valence-corrected chi connectivity index (χ1v) is 9.87. The number of halogens is 1. The third kappa shape index (κ3) is 4.07. The maximum absolute atomic E-state index is 13.1. The molecule has 1 amide bonds. The fraction of sp³-hybridized carbons (Fsp3) is 0.200. The van der Waals surface area contributed by atoms with Crippen LogP contribution in [0.1, 0.15) is 24.2 Å². The molecule has 0 saturated heterocycles. The molecule has 2 N–H and O–H groups in total. The lowest BCUT2D eigenvalue weighted by atomic mass is 10.1. The van der Waals surface area contributed by atoms with Crippen LogP contribution in [0.25, 0.3) is 10.9 Å². The third-order valence-electron chi connectivity index (χ3n) is 4.12. The molecule has 1 atom stereocenters. The van der Waals surface area contributed by atoms with Gasteiger partial charge in [0, 0.05) is 22.1 Å². The van der Waals surface area contributed by atoms with Crippen LogP contribution in [0.2, 0.25) is 0 Å². The summed E-state index contributed by atoms with van der Waals surface area (Å²) in [5.74, 6) is -0.739. The van der Waals surface area contributed by atoms with Crippen LogP contribution < -0.4 is 16.2 Å². The third-order valence-corrected chi connectivity index (χ3v) is 4.97. The average molecular weight is 447 g/mol. The van der Waals surface area contributed by atoms with Crippen LogP contribution in [-0.4, -0.2) is 15.6 Å². The highest BCUT2D eigenvalue weighted by atomic mass is 79.9. The van der Waals surface area contributed by atoms with Crippen molar-refractivity contribution in [3.63, 3.8) is 0 Å². The number of aromatic hydroxyl groups is 1. The van der Waals surface area contributed by atoms with Crippen LogP contribution in [0, 0.1) is 5.92 Å². The van der Waals surface area contributed by atoms with Gasteiger partial charge < -0.3 is 15.0 Å². The zero-order valence-corrected chi connectivity index (χ0v) is 17.7. The fourth-order valence-corrected chi connectivity index (χ4v) is 3.61. The number of pyridine rings is 1. The average Bonchev–Trinajstić information content (AvgIpc) is 2.58. The van der Waals surface area contributed by atoms with E-state index >= 15 is 0 Å². The molecule has 3 aromatic rings. The van der Waals surface area contributed by atoms with Gasteiger partial charge in [-0.15, -0.1) is 9.24 Å². The quantitative estimate of drug-likeness (QED) is 0.597. The van der Waals surface area contributed by atoms with Crippen molar-refractivity contribution in [3.05, 3.63) is 62.9 Å². The molecule has 0 aliphatic carbocycles. The summed E-state index contributed by atoms with van der Waals surface area (Å²) < 4.78 is 2.34. The molecule has 2 aromatic carbocycles. The molecular formula is C20H20BrN2O3P. The Bertz CT molecular complexity index is 1090. The largest absolute Gasteiger partial charge is 0.506 e. The van der Waals surface area contributed by atoms with E-state index in [1.807, 2.05) is 19.9 Å². The molecule has 0 aliphatic heterocycles. The Hall–Kier alpha value is -2.17. The molecule has 3 rings (SSSR count). The summed E-state index contributed by atoms with van der Waals surface area (Å²) in [6, 6.07) is 12.4. The smallest absolute Gasteiger partial charge is 0.267 e. The van der Waals surface area contributed by atoms with Gasteiger partial charge in [0.25, 0.3) is 11.5 Å². The number of benzene rings is 2. The molecule has 1 unspecified atom stereocenters. The predicted octanol–water partition coefficient (Wildman–Crippen LogP) is 3.88. The molecule has 0 saturated carbocycles. The minimum Gasteiger partial charge on any atom is -0.506 e. The second-order valence-electron chi connectivity index (χ2n) is 6.77. The van der Waals surface area contributed by atoms with E-state index in [-0.39, 0.29) is 17.2 Å². The molecule has 0 radical (unpaired) electrons. The second kappa shape index (κ2) is 7.83. The number of carbonyl (C=O) groups excluding carboxylic acids is 1. The van der Waals surface area contributed by atoms with Gasteiger partial charge in [0.1, 0.15) is 11.3 Å². The highest BCUT2D eigenvalue weighted by molar-refractivity contribution is 9.10. The van der Waals surface area contributed by atoms with Crippen molar-refractivity contribution in [1.29, 1.82) is 0 Å². The Morgan fingerprint density at radius 3 is 2.67 bits per heavy atom. The molecule has 0 spiro atoms.